The maximum atomic E-state index is 9.83. The minimum absolute atomic E-state index is 0.269. The maximum Gasteiger partial charge on any atom is 0.191 e. The van der Waals surface area contributed by atoms with E-state index in [0.717, 1.165) is 13.0 Å². The molecule has 0 spiro atoms. The highest BCUT2D eigenvalue weighted by atomic mass is 28.4. The summed E-state index contributed by atoms with van der Waals surface area (Å²) in [6.07, 6.45) is 0.927. The molecule has 0 rings (SSSR count). The van der Waals surface area contributed by atoms with Crippen molar-refractivity contribution in [3.63, 3.8) is 0 Å². The molecule has 0 amide bonds. The monoisotopic (exact) mass is 246 g/mol. The molecule has 0 aromatic heterocycles. The molecule has 0 fully saturated rings. The first-order chi connectivity index (χ1) is 6.88. The van der Waals surface area contributed by atoms with Gasteiger partial charge in [-0.3, -0.25) is 0 Å². The van der Waals surface area contributed by atoms with Crippen LogP contribution in [0, 0.1) is 5.92 Å². The molecule has 0 aromatic rings. The van der Waals surface area contributed by atoms with E-state index in [-0.39, 0.29) is 11.0 Å². The van der Waals surface area contributed by atoms with Gasteiger partial charge in [0.2, 0.25) is 0 Å². The fourth-order valence-corrected chi connectivity index (χ4v) is 2.12. The summed E-state index contributed by atoms with van der Waals surface area (Å²) in [5.74, 6) is 0.275. The minimum atomic E-state index is -1.61. The van der Waals surface area contributed by atoms with E-state index in [1.165, 1.54) is 0 Å². The second kappa shape index (κ2) is 5.19. The summed E-state index contributed by atoms with van der Waals surface area (Å²) in [4.78, 5) is 0. The van der Waals surface area contributed by atoms with Crippen LogP contribution in [0.1, 0.15) is 48.0 Å². The van der Waals surface area contributed by atoms with E-state index in [1.807, 2.05) is 13.8 Å². The molecule has 0 aliphatic rings. The highest BCUT2D eigenvalue weighted by Crippen LogP contribution is 2.36. The zero-order chi connectivity index (χ0) is 13.2. The molecule has 2 nitrogen and oxygen atoms in total. The fraction of sp³-hybridized carbons (Fsp3) is 1.00. The van der Waals surface area contributed by atoms with E-state index in [9.17, 15) is 5.11 Å². The molecule has 1 N–H and O–H groups in total. The number of aliphatic hydroxyl groups is 1. The van der Waals surface area contributed by atoms with Gasteiger partial charge in [0.25, 0.3) is 0 Å². The van der Waals surface area contributed by atoms with Crippen molar-refractivity contribution in [1.82, 2.24) is 0 Å². The third-order valence-electron chi connectivity index (χ3n) is 4.03. The molecule has 98 valence electrons. The van der Waals surface area contributed by atoms with Crippen molar-refractivity contribution in [2.45, 2.75) is 71.7 Å². The van der Waals surface area contributed by atoms with Crippen LogP contribution in [0.25, 0.3) is 0 Å². The minimum Gasteiger partial charge on any atom is -0.417 e. The van der Waals surface area contributed by atoms with Crippen LogP contribution in [0.2, 0.25) is 18.1 Å². The lowest BCUT2D eigenvalue weighted by Gasteiger charge is -2.37. The average molecular weight is 246 g/mol. The summed E-state index contributed by atoms with van der Waals surface area (Å²) in [5.41, 5.74) is -0.600. The van der Waals surface area contributed by atoms with E-state index >= 15 is 0 Å². The third-order valence-corrected chi connectivity index (χ3v) is 8.56. The summed E-state index contributed by atoms with van der Waals surface area (Å²) in [7, 11) is -1.61. The third kappa shape index (κ3) is 4.98. The lowest BCUT2D eigenvalue weighted by Crippen LogP contribution is -2.41. The second-order valence-electron chi connectivity index (χ2n) is 6.95. The summed E-state index contributed by atoms with van der Waals surface area (Å²) in [6.45, 7) is 17.9. The lowest BCUT2D eigenvalue weighted by molar-refractivity contribution is 0.0152. The molecule has 1 unspecified atom stereocenters. The van der Waals surface area contributed by atoms with Crippen LogP contribution in [0.3, 0.4) is 0 Å². The van der Waals surface area contributed by atoms with Gasteiger partial charge in [0.05, 0.1) is 5.60 Å². The van der Waals surface area contributed by atoms with Crippen LogP contribution < -0.4 is 0 Å². The molecule has 0 aliphatic heterocycles. The zero-order valence-corrected chi connectivity index (χ0v) is 13.3. The Labute approximate surface area is 103 Å². The topological polar surface area (TPSA) is 29.5 Å². The van der Waals surface area contributed by atoms with Crippen molar-refractivity contribution in [2.75, 3.05) is 6.61 Å². The largest absolute Gasteiger partial charge is 0.417 e. The van der Waals surface area contributed by atoms with E-state index in [2.05, 4.69) is 40.8 Å². The van der Waals surface area contributed by atoms with Gasteiger partial charge in [-0.05, 0) is 44.3 Å². The molecule has 16 heavy (non-hydrogen) atoms. The molecule has 0 radical (unpaired) electrons. The Bertz CT molecular complexity index is 211. The molecule has 3 heteroatoms. The molecular formula is C13H30O2Si. The first-order valence-electron chi connectivity index (χ1n) is 6.24. The number of hydrogen-bond donors (Lipinski definition) is 1. The van der Waals surface area contributed by atoms with Crippen LogP contribution in [0.5, 0.6) is 0 Å². The second-order valence-corrected chi connectivity index (χ2v) is 11.8. The molecule has 0 bridgehead atoms. The van der Waals surface area contributed by atoms with Gasteiger partial charge >= 0.3 is 0 Å². The van der Waals surface area contributed by atoms with Crippen LogP contribution in [0.4, 0.5) is 0 Å². The molecular weight excluding hydrogens is 216 g/mol. The van der Waals surface area contributed by atoms with Gasteiger partial charge in [0, 0.05) is 6.61 Å². The molecule has 0 saturated heterocycles. The Morgan fingerprint density at radius 3 is 1.88 bits per heavy atom. The van der Waals surface area contributed by atoms with Gasteiger partial charge in [-0.15, -0.1) is 0 Å². The van der Waals surface area contributed by atoms with Gasteiger partial charge in [-0.25, -0.2) is 0 Å². The number of rotatable bonds is 5. The van der Waals surface area contributed by atoms with E-state index in [1.54, 1.807) is 0 Å². The van der Waals surface area contributed by atoms with E-state index in [0.29, 0.717) is 0 Å². The van der Waals surface area contributed by atoms with Crippen molar-refractivity contribution in [3.05, 3.63) is 0 Å². The fourth-order valence-electron chi connectivity index (χ4n) is 1.06. The van der Waals surface area contributed by atoms with Gasteiger partial charge < -0.3 is 9.53 Å². The van der Waals surface area contributed by atoms with Crippen molar-refractivity contribution in [2.24, 2.45) is 5.92 Å². The van der Waals surface area contributed by atoms with Gasteiger partial charge in [-0.2, -0.15) is 0 Å². The lowest BCUT2D eigenvalue weighted by atomic mass is 9.90. The van der Waals surface area contributed by atoms with Gasteiger partial charge in [0.1, 0.15) is 0 Å². The molecule has 0 heterocycles. The van der Waals surface area contributed by atoms with Gasteiger partial charge in [-0.1, -0.05) is 27.7 Å². The number of hydrogen-bond acceptors (Lipinski definition) is 2. The van der Waals surface area contributed by atoms with Crippen molar-refractivity contribution in [1.29, 1.82) is 0 Å². The Kier molecular flexibility index (Phi) is 5.24. The molecule has 1 atom stereocenters. The van der Waals surface area contributed by atoms with Crippen molar-refractivity contribution in [3.8, 4) is 0 Å². The summed E-state index contributed by atoms with van der Waals surface area (Å²) >= 11 is 0. The molecule has 0 aliphatic carbocycles. The summed E-state index contributed by atoms with van der Waals surface area (Å²) < 4.78 is 6.09. The Hall–Kier alpha value is 0.137. The zero-order valence-electron chi connectivity index (χ0n) is 12.3. The SMILES string of the molecule is CC(CCO[Si](C)(C)C(C)(C)C)C(C)(C)O. The highest BCUT2D eigenvalue weighted by molar-refractivity contribution is 6.74. The molecule has 0 saturated carbocycles. The first-order valence-corrected chi connectivity index (χ1v) is 9.15. The first kappa shape index (κ1) is 16.1. The average Bonchev–Trinajstić information content (AvgIpc) is 1.99. The maximum absolute atomic E-state index is 9.83. The molecule has 0 aromatic carbocycles. The van der Waals surface area contributed by atoms with E-state index < -0.39 is 13.9 Å². The van der Waals surface area contributed by atoms with Crippen LogP contribution >= 0.6 is 0 Å². The standard InChI is InChI=1S/C13H30O2Si/c1-11(13(5,6)14)9-10-15-16(7,8)12(2,3)4/h11,14H,9-10H2,1-8H3. The summed E-state index contributed by atoms with van der Waals surface area (Å²) in [6, 6.07) is 0. The Morgan fingerprint density at radius 2 is 1.56 bits per heavy atom. The highest BCUT2D eigenvalue weighted by Gasteiger charge is 2.37. The Balaban J connectivity index is 4.10. The normalized spacial score (nSPS) is 16.3. The summed E-state index contributed by atoms with van der Waals surface area (Å²) in [5, 5.41) is 10.1. The quantitative estimate of drug-likeness (QED) is 0.748. The van der Waals surface area contributed by atoms with Gasteiger partial charge in [0.15, 0.2) is 8.32 Å². The van der Waals surface area contributed by atoms with Crippen LogP contribution in [-0.2, 0) is 4.43 Å². The van der Waals surface area contributed by atoms with Crippen LogP contribution in [0.15, 0.2) is 0 Å². The predicted octanol–water partition coefficient (Wildman–Crippen LogP) is 3.81. The van der Waals surface area contributed by atoms with Crippen molar-refractivity contribution < 1.29 is 9.53 Å². The van der Waals surface area contributed by atoms with Crippen molar-refractivity contribution >= 4 is 8.32 Å². The van der Waals surface area contributed by atoms with E-state index in [4.69, 9.17) is 4.43 Å². The Morgan fingerprint density at radius 1 is 1.12 bits per heavy atom. The predicted molar refractivity (Wildman–Crippen MR) is 73.2 cm³/mol. The smallest absolute Gasteiger partial charge is 0.191 e. The van der Waals surface area contributed by atoms with Crippen LogP contribution in [-0.4, -0.2) is 25.6 Å².